The normalized spacial score (nSPS) is 10.5. The molecule has 0 aliphatic rings. The number of rotatable bonds is 4. The fourth-order valence-corrected chi connectivity index (χ4v) is 1.48. The fourth-order valence-electron chi connectivity index (χ4n) is 0.865. The van der Waals surface area contributed by atoms with Gasteiger partial charge in [-0.15, -0.1) is 11.3 Å². The summed E-state index contributed by atoms with van der Waals surface area (Å²) in [5, 5.41) is 1.94. The zero-order chi connectivity index (χ0) is 9.68. The van der Waals surface area contributed by atoms with Crippen molar-refractivity contribution in [1.29, 1.82) is 0 Å². The lowest BCUT2D eigenvalue weighted by Gasteiger charge is -1.87. The lowest BCUT2D eigenvalue weighted by molar-refractivity contribution is -0.123. The first kappa shape index (κ1) is 9.86. The van der Waals surface area contributed by atoms with Crippen molar-refractivity contribution >= 4 is 29.0 Å². The molecule has 0 aliphatic carbocycles. The molecule has 0 atom stereocenters. The molecule has 2 nitrogen and oxygen atoms in total. The summed E-state index contributed by atoms with van der Waals surface area (Å²) in [6.07, 6.45) is 3.19. The Hall–Kier alpha value is -1.22. The first-order valence-electron chi connectivity index (χ1n) is 3.92. The number of hydrogen-bond acceptors (Lipinski definition) is 3. The van der Waals surface area contributed by atoms with E-state index in [1.165, 1.54) is 13.0 Å². The van der Waals surface area contributed by atoms with E-state index in [-0.39, 0.29) is 18.0 Å². The second-order valence-electron chi connectivity index (χ2n) is 2.69. The maximum atomic E-state index is 11.0. The third-order valence-corrected chi connectivity index (χ3v) is 2.24. The van der Waals surface area contributed by atoms with Gasteiger partial charge in [0, 0.05) is 4.88 Å². The number of carbonyl (C=O) groups is 2. The SMILES string of the molecule is CC(=O)CC(=O)/C=C\c1cccs1. The van der Waals surface area contributed by atoms with Gasteiger partial charge in [0.1, 0.15) is 5.78 Å². The molecule has 0 bridgehead atoms. The molecule has 0 saturated heterocycles. The summed E-state index contributed by atoms with van der Waals surface area (Å²) in [5.41, 5.74) is 0. The molecule has 0 aromatic carbocycles. The molecule has 0 saturated carbocycles. The predicted molar refractivity (Wildman–Crippen MR) is 53.7 cm³/mol. The highest BCUT2D eigenvalue weighted by atomic mass is 32.1. The van der Waals surface area contributed by atoms with Gasteiger partial charge < -0.3 is 0 Å². The van der Waals surface area contributed by atoms with Crippen LogP contribution in [0.4, 0.5) is 0 Å². The van der Waals surface area contributed by atoms with Gasteiger partial charge >= 0.3 is 0 Å². The van der Waals surface area contributed by atoms with E-state index in [2.05, 4.69) is 0 Å². The summed E-state index contributed by atoms with van der Waals surface area (Å²) in [5.74, 6) is -0.235. The molecule has 3 heteroatoms. The number of Topliss-reactive ketones (excluding diaryl/α,β-unsaturated/α-hetero) is 1. The number of ketones is 2. The van der Waals surface area contributed by atoms with E-state index in [0.29, 0.717) is 0 Å². The molecular formula is C10H10O2S. The van der Waals surface area contributed by atoms with Gasteiger partial charge in [-0.25, -0.2) is 0 Å². The quantitative estimate of drug-likeness (QED) is 0.544. The van der Waals surface area contributed by atoms with E-state index in [9.17, 15) is 9.59 Å². The van der Waals surface area contributed by atoms with Crippen molar-refractivity contribution in [3.8, 4) is 0 Å². The van der Waals surface area contributed by atoms with Crippen molar-refractivity contribution in [2.24, 2.45) is 0 Å². The van der Waals surface area contributed by atoms with Crippen LogP contribution in [-0.4, -0.2) is 11.6 Å². The molecule has 1 heterocycles. The van der Waals surface area contributed by atoms with Gasteiger partial charge in [-0.2, -0.15) is 0 Å². The maximum Gasteiger partial charge on any atom is 0.163 e. The van der Waals surface area contributed by atoms with E-state index in [1.54, 1.807) is 17.4 Å². The van der Waals surface area contributed by atoms with Gasteiger partial charge in [0.25, 0.3) is 0 Å². The van der Waals surface area contributed by atoms with Crippen molar-refractivity contribution in [3.05, 3.63) is 28.5 Å². The molecule has 0 unspecified atom stereocenters. The minimum absolute atomic E-state index is 0.00186. The molecule has 0 spiro atoms. The van der Waals surface area contributed by atoms with E-state index >= 15 is 0 Å². The first-order chi connectivity index (χ1) is 6.18. The third-order valence-electron chi connectivity index (χ3n) is 1.40. The Labute approximate surface area is 80.9 Å². The fraction of sp³-hybridized carbons (Fsp3) is 0.200. The monoisotopic (exact) mass is 194 g/mol. The van der Waals surface area contributed by atoms with E-state index in [4.69, 9.17) is 0 Å². The van der Waals surface area contributed by atoms with E-state index in [1.807, 2.05) is 17.5 Å². The Kier molecular flexibility index (Phi) is 3.58. The molecule has 0 aliphatic heterocycles. The Morgan fingerprint density at radius 3 is 2.85 bits per heavy atom. The summed E-state index contributed by atoms with van der Waals surface area (Å²) >= 11 is 1.56. The van der Waals surface area contributed by atoms with Gasteiger partial charge in [-0.3, -0.25) is 9.59 Å². The summed E-state index contributed by atoms with van der Waals surface area (Å²) in [4.78, 5) is 22.6. The molecule has 13 heavy (non-hydrogen) atoms. The third kappa shape index (κ3) is 3.80. The summed E-state index contributed by atoms with van der Waals surface area (Å²) in [7, 11) is 0. The molecular weight excluding hydrogens is 184 g/mol. The molecule has 1 aromatic heterocycles. The van der Waals surface area contributed by atoms with Gasteiger partial charge in [-0.1, -0.05) is 6.07 Å². The molecule has 0 radical (unpaired) electrons. The van der Waals surface area contributed by atoms with Crippen LogP contribution in [0.3, 0.4) is 0 Å². The zero-order valence-corrected chi connectivity index (χ0v) is 8.14. The average Bonchev–Trinajstić information content (AvgIpc) is 2.51. The lowest BCUT2D eigenvalue weighted by atomic mass is 10.2. The second-order valence-corrected chi connectivity index (χ2v) is 3.67. The van der Waals surface area contributed by atoms with E-state index in [0.717, 1.165) is 4.88 Å². The van der Waals surface area contributed by atoms with Crippen LogP contribution >= 0.6 is 11.3 Å². The first-order valence-corrected chi connectivity index (χ1v) is 4.80. The zero-order valence-electron chi connectivity index (χ0n) is 7.32. The molecule has 0 fully saturated rings. The predicted octanol–water partition coefficient (Wildman–Crippen LogP) is 2.31. The number of thiophene rings is 1. The average molecular weight is 194 g/mol. The Morgan fingerprint density at radius 1 is 1.54 bits per heavy atom. The summed E-state index contributed by atoms with van der Waals surface area (Å²) < 4.78 is 0. The molecule has 68 valence electrons. The minimum atomic E-state index is -0.138. The van der Waals surface area contributed by atoms with Crippen LogP contribution in [0.2, 0.25) is 0 Å². The number of allylic oxidation sites excluding steroid dienone is 1. The highest BCUT2D eigenvalue weighted by Crippen LogP contribution is 2.10. The van der Waals surface area contributed by atoms with Crippen molar-refractivity contribution in [2.75, 3.05) is 0 Å². The number of carbonyl (C=O) groups excluding carboxylic acids is 2. The van der Waals surface area contributed by atoms with Crippen molar-refractivity contribution in [3.63, 3.8) is 0 Å². The van der Waals surface area contributed by atoms with Crippen LogP contribution in [0, 0.1) is 0 Å². The Morgan fingerprint density at radius 2 is 2.31 bits per heavy atom. The van der Waals surface area contributed by atoms with Crippen LogP contribution in [-0.2, 0) is 9.59 Å². The molecule has 1 aromatic rings. The molecule has 0 amide bonds. The maximum absolute atomic E-state index is 11.0. The Balaban J connectivity index is 2.49. The van der Waals surface area contributed by atoms with Crippen LogP contribution < -0.4 is 0 Å². The smallest absolute Gasteiger partial charge is 0.163 e. The lowest BCUT2D eigenvalue weighted by Crippen LogP contribution is -1.99. The van der Waals surface area contributed by atoms with Crippen molar-refractivity contribution < 1.29 is 9.59 Å². The topological polar surface area (TPSA) is 34.1 Å². The van der Waals surface area contributed by atoms with Gasteiger partial charge in [-0.05, 0) is 30.5 Å². The van der Waals surface area contributed by atoms with Gasteiger partial charge in [0.15, 0.2) is 5.78 Å². The highest BCUT2D eigenvalue weighted by Gasteiger charge is 2.00. The van der Waals surface area contributed by atoms with Crippen LogP contribution in [0.15, 0.2) is 23.6 Å². The summed E-state index contributed by atoms with van der Waals surface area (Å²) in [6.45, 7) is 1.41. The van der Waals surface area contributed by atoms with E-state index < -0.39 is 0 Å². The van der Waals surface area contributed by atoms with Crippen molar-refractivity contribution in [1.82, 2.24) is 0 Å². The number of hydrogen-bond donors (Lipinski definition) is 0. The van der Waals surface area contributed by atoms with Crippen LogP contribution in [0.1, 0.15) is 18.2 Å². The second kappa shape index (κ2) is 4.72. The molecule has 0 N–H and O–H groups in total. The molecule has 1 rings (SSSR count). The van der Waals surface area contributed by atoms with Crippen LogP contribution in [0.5, 0.6) is 0 Å². The standard InChI is InChI=1S/C10H10O2S/c1-8(11)7-9(12)4-5-10-3-2-6-13-10/h2-6H,7H2,1H3/b5-4-. The van der Waals surface area contributed by atoms with Crippen LogP contribution in [0.25, 0.3) is 6.08 Å². The largest absolute Gasteiger partial charge is 0.300 e. The van der Waals surface area contributed by atoms with Gasteiger partial charge in [0.2, 0.25) is 0 Å². The summed E-state index contributed by atoms with van der Waals surface area (Å²) in [6, 6.07) is 3.84. The van der Waals surface area contributed by atoms with Crippen molar-refractivity contribution in [2.45, 2.75) is 13.3 Å². The minimum Gasteiger partial charge on any atom is -0.300 e. The van der Waals surface area contributed by atoms with Gasteiger partial charge in [0.05, 0.1) is 6.42 Å². The highest BCUT2D eigenvalue weighted by molar-refractivity contribution is 7.10. The Bertz CT molecular complexity index is 323.